The van der Waals surface area contributed by atoms with Gasteiger partial charge in [0.2, 0.25) is 0 Å². The number of unbranched alkanes of at least 4 members (excludes halogenated alkanes) is 12. The number of aliphatic hydroxyl groups is 4. The fourth-order valence-corrected chi connectivity index (χ4v) is 6.12. The summed E-state index contributed by atoms with van der Waals surface area (Å²) in [6, 6.07) is 0. The maximum atomic E-state index is 12.2. The molecule has 0 aliphatic heterocycles. The lowest BCUT2D eigenvalue weighted by Crippen LogP contribution is -2.28. The fraction of sp³-hybridized carbons (Fsp3) is 0.842. The number of rotatable bonds is 28. The van der Waals surface area contributed by atoms with Gasteiger partial charge in [-0.2, -0.15) is 0 Å². The number of hydrogen-bond acceptors (Lipinski definition) is 8. The number of carbonyl (C=O) groups excluding carboxylic acids is 2. The van der Waals surface area contributed by atoms with E-state index >= 15 is 0 Å². The monoisotopic (exact) mass is 652 g/mol. The van der Waals surface area contributed by atoms with Crippen LogP contribution in [0.25, 0.3) is 0 Å². The molecule has 0 heterocycles. The molecule has 8 heteroatoms. The molecule has 0 unspecified atom stereocenters. The van der Waals surface area contributed by atoms with Crippen molar-refractivity contribution in [3.63, 3.8) is 0 Å². The SMILES string of the molecule is CCCCC[C@@H](O)/C=C/[C@@H]1[C@H](C/C=C\CC(=O)OC[C@H](CO)OC(=O)CCCCCCCCCCCCCC(C)C)[C@@H](O)C[C@H]1O. The molecule has 0 radical (unpaired) electrons. The zero-order chi connectivity index (χ0) is 34.0. The van der Waals surface area contributed by atoms with Crippen LogP contribution in [-0.4, -0.2) is 70.0 Å². The quantitative estimate of drug-likeness (QED) is 0.0392. The molecule has 0 aromatic rings. The van der Waals surface area contributed by atoms with E-state index in [2.05, 4.69) is 20.8 Å². The first-order valence-electron chi connectivity index (χ1n) is 18.5. The second kappa shape index (κ2) is 27.2. The number of hydrogen-bond donors (Lipinski definition) is 4. The van der Waals surface area contributed by atoms with Gasteiger partial charge in [0.1, 0.15) is 6.61 Å². The Balaban J connectivity index is 2.18. The minimum atomic E-state index is -0.884. The average molecular weight is 653 g/mol. The Morgan fingerprint density at radius 1 is 0.804 bits per heavy atom. The van der Waals surface area contributed by atoms with Crippen molar-refractivity contribution in [2.45, 2.75) is 174 Å². The maximum Gasteiger partial charge on any atom is 0.309 e. The summed E-state index contributed by atoms with van der Waals surface area (Å²) in [5.74, 6) is -0.554. The fourth-order valence-electron chi connectivity index (χ4n) is 6.12. The number of esters is 2. The van der Waals surface area contributed by atoms with Crippen LogP contribution in [0.4, 0.5) is 0 Å². The zero-order valence-corrected chi connectivity index (χ0v) is 29.3. The molecule has 0 saturated heterocycles. The highest BCUT2D eigenvalue weighted by atomic mass is 16.6. The molecule has 1 aliphatic carbocycles. The van der Waals surface area contributed by atoms with E-state index in [1.54, 1.807) is 18.2 Å². The minimum Gasteiger partial charge on any atom is -0.461 e. The summed E-state index contributed by atoms with van der Waals surface area (Å²) in [7, 11) is 0. The van der Waals surface area contributed by atoms with Crippen molar-refractivity contribution in [2.75, 3.05) is 13.2 Å². The van der Waals surface area contributed by atoms with E-state index in [0.717, 1.165) is 44.4 Å². The zero-order valence-electron chi connectivity index (χ0n) is 29.3. The molecule has 1 aliphatic rings. The average Bonchev–Trinajstić information content (AvgIpc) is 3.29. The Kier molecular flexibility index (Phi) is 25.0. The van der Waals surface area contributed by atoms with Gasteiger partial charge >= 0.3 is 11.9 Å². The summed E-state index contributed by atoms with van der Waals surface area (Å²) in [6.45, 7) is 6.07. The lowest BCUT2D eigenvalue weighted by atomic mass is 9.89. The van der Waals surface area contributed by atoms with Gasteiger partial charge in [-0.25, -0.2) is 0 Å². The largest absolute Gasteiger partial charge is 0.461 e. The molecule has 0 bridgehead atoms. The van der Waals surface area contributed by atoms with E-state index in [1.807, 2.05) is 6.08 Å². The van der Waals surface area contributed by atoms with E-state index < -0.39 is 37.0 Å². The second-order valence-corrected chi connectivity index (χ2v) is 13.8. The molecular formula is C38H68O8. The summed E-state index contributed by atoms with van der Waals surface area (Å²) < 4.78 is 10.5. The van der Waals surface area contributed by atoms with E-state index in [9.17, 15) is 30.0 Å². The molecule has 46 heavy (non-hydrogen) atoms. The molecule has 8 nitrogen and oxygen atoms in total. The lowest BCUT2D eigenvalue weighted by molar-refractivity contribution is -0.161. The molecule has 6 atom stereocenters. The highest BCUT2D eigenvalue weighted by Gasteiger charge is 2.39. The van der Waals surface area contributed by atoms with Crippen molar-refractivity contribution in [1.29, 1.82) is 0 Å². The Labute approximate surface area is 280 Å². The van der Waals surface area contributed by atoms with E-state index in [-0.39, 0.29) is 37.3 Å². The van der Waals surface area contributed by atoms with Crippen LogP contribution in [0.5, 0.6) is 0 Å². The Hall–Kier alpha value is -1.74. The van der Waals surface area contributed by atoms with Crippen molar-refractivity contribution >= 4 is 11.9 Å². The van der Waals surface area contributed by atoms with Gasteiger partial charge in [0, 0.05) is 18.8 Å². The topological polar surface area (TPSA) is 134 Å². The summed E-state index contributed by atoms with van der Waals surface area (Å²) in [6.07, 6.45) is 23.7. The standard InChI is InChI=1S/C38H68O8/c1-4-5-15-21-31(40)25-26-34-33(35(41)27-36(34)42)22-18-19-23-37(43)45-29-32(28-39)46-38(44)24-17-14-12-10-8-6-7-9-11-13-16-20-30(2)3/h18-19,25-26,30-36,39-42H,4-17,20-24,27-29H2,1-3H3/b19-18-,26-25+/t31-,32+,33+,34-,35+,36-/m1/s1. The first-order valence-corrected chi connectivity index (χ1v) is 18.5. The number of carbonyl (C=O) groups is 2. The number of ether oxygens (including phenoxy) is 2. The van der Waals surface area contributed by atoms with E-state index in [1.165, 1.54) is 57.8 Å². The van der Waals surface area contributed by atoms with Gasteiger partial charge in [-0.15, -0.1) is 0 Å². The Morgan fingerprint density at radius 3 is 2.02 bits per heavy atom. The van der Waals surface area contributed by atoms with Gasteiger partial charge in [-0.1, -0.05) is 135 Å². The lowest BCUT2D eigenvalue weighted by Gasteiger charge is -2.19. The summed E-state index contributed by atoms with van der Waals surface area (Å²) >= 11 is 0. The molecule has 0 aromatic carbocycles. The van der Waals surface area contributed by atoms with Crippen LogP contribution in [-0.2, 0) is 19.1 Å². The van der Waals surface area contributed by atoms with Crippen molar-refractivity contribution in [3.8, 4) is 0 Å². The molecule has 0 aromatic heterocycles. The van der Waals surface area contributed by atoms with Crippen LogP contribution in [0.15, 0.2) is 24.3 Å². The van der Waals surface area contributed by atoms with Crippen LogP contribution in [0.2, 0.25) is 0 Å². The normalized spacial score (nSPS) is 21.4. The van der Waals surface area contributed by atoms with Crippen molar-refractivity contribution in [1.82, 2.24) is 0 Å². The van der Waals surface area contributed by atoms with Crippen LogP contribution in [0.1, 0.15) is 149 Å². The van der Waals surface area contributed by atoms with E-state index in [4.69, 9.17) is 9.47 Å². The van der Waals surface area contributed by atoms with Gasteiger partial charge < -0.3 is 29.9 Å². The third kappa shape index (κ3) is 21.2. The van der Waals surface area contributed by atoms with Crippen molar-refractivity contribution in [2.24, 2.45) is 17.8 Å². The predicted octanol–water partition coefficient (Wildman–Crippen LogP) is 7.35. The molecule has 4 N–H and O–H groups in total. The molecular weight excluding hydrogens is 584 g/mol. The number of aliphatic hydroxyl groups excluding tert-OH is 4. The Morgan fingerprint density at radius 2 is 1.41 bits per heavy atom. The molecule has 1 saturated carbocycles. The van der Waals surface area contributed by atoms with Crippen molar-refractivity contribution in [3.05, 3.63) is 24.3 Å². The van der Waals surface area contributed by atoms with E-state index in [0.29, 0.717) is 19.3 Å². The van der Waals surface area contributed by atoms with Gasteiger partial charge in [0.05, 0.1) is 31.3 Å². The summed E-state index contributed by atoms with van der Waals surface area (Å²) in [5, 5.41) is 40.6. The molecule has 268 valence electrons. The molecule has 0 spiro atoms. The number of allylic oxidation sites excluding steroid dienone is 1. The van der Waals surface area contributed by atoms with Gasteiger partial charge in [-0.3, -0.25) is 9.59 Å². The van der Waals surface area contributed by atoms with Crippen LogP contribution < -0.4 is 0 Å². The van der Waals surface area contributed by atoms with Gasteiger partial charge in [0.25, 0.3) is 0 Å². The highest BCUT2D eigenvalue weighted by Crippen LogP contribution is 2.36. The minimum absolute atomic E-state index is 0.00636. The smallest absolute Gasteiger partial charge is 0.309 e. The molecule has 1 rings (SSSR count). The Bertz CT molecular complexity index is 826. The third-order valence-electron chi connectivity index (χ3n) is 9.03. The van der Waals surface area contributed by atoms with Gasteiger partial charge in [-0.05, 0) is 31.1 Å². The first-order chi connectivity index (χ1) is 22.2. The summed E-state index contributed by atoms with van der Waals surface area (Å²) in [4.78, 5) is 24.4. The third-order valence-corrected chi connectivity index (χ3v) is 9.03. The van der Waals surface area contributed by atoms with Crippen LogP contribution in [0.3, 0.4) is 0 Å². The maximum absolute atomic E-state index is 12.2. The van der Waals surface area contributed by atoms with Crippen LogP contribution in [0, 0.1) is 17.8 Å². The van der Waals surface area contributed by atoms with Crippen molar-refractivity contribution < 1.29 is 39.5 Å². The molecule has 1 fully saturated rings. The predicted molar refractivity (Wildman–Crippen MR) is 184 cm³/mol. The first kappa shape index (κ1) is 42.3. The van der Waals surface area contributed by atoms with Crippen LogP contribution >= 0.6 is 0 Å². The molecule has 0 amide bonds. The van der Waals surface area contributed by atoms with Gasteiger partial charge in [0.15, 0.2) is 6.10 Å². The highest BCUT2D eigenvalue weighted by molar-refractivity contribution is 5.71. The second-order valence-electron chi connectivity index (χ2n) is 13.8. The summed E-state index contributed by atoms with van der Waals surface area (Å²) in [5.41, 5.74) is 0.